The van der Waals surface area contributed by atoms with Crippen LogP contribution in [0.2, 0.25) is 18.1 Å². The number of hydrogen-bond donors (Lipinski definition) is 3. The second-order valence-electron chi connectivity index (χ2n) is 17.6. The van der Waals surface area contributed by atoms with Gasteiger partial charge in [-0.05, 0) is 67.0 Å². The van der Waals surface area contributed by atoms with Crippen LogP contribution in [-0.4, -0.2) is 136 Å². The number of alkyl carbamates (subject to hydrolysis) is 2. The van der Waals surface area contributed by atoms with Crippen LogP contribution in [0.15, 0.2) is 89.1 Å². The molecule has 1 unspecified atom stereocenters. The molecular formula is C46H50N8O18Si. The highest BCUT2D eigenvalue weighted by Gasteiger charge is 2.67. The Morgan fingerprint density at radius 3 is 1.64 bits per heavy atom. The van der Waals surface area contributed by atoms with Gasteiger partial charge in [-0.3, -0.25) is 55.5 Å². The number of aliphatic hydroxyl groups is 1. The first-order chi connectivity index (χ1) is 34.7. The molecule has 4 heterocycles. The number of likely N-dealkylation sites (tertiary alicyclic amines) is 1. The fourth-order valence-corrected chi connectivity index (χ4v) is 12.4. The van der Waals surface area contributed by atoms with Crippen LogP contribution < -0.4 is 10.6 Å². The number of carbonyl (C=O) groups is 6. The summed E-state index contributed by atoms with van der Waals surface area (Å²) in [6, 6.07) is 13.7. The minimum Gasteiger partial charge on any atom is -0.413 e. The summed E-state index contributed by atoms with van der Waals surface area (Å²) in [5, 5.41) is 49.2. The monoisotopic (exact) mass is 1030 g/mol. The molecule has 0 spiro atoms. The number of nitrogens with zero attached hydrogens (tertiary/aromatic N) is 6. The number of carbonyl (C=O) groups excluding carboxylic acids is 6. The second kappa shape index (κ2) is 21.6. The van der Waals surface area contributed by atoms with Crippen LogP contribution in [0.3, 0.4) is 0 Å². The zero-order valence-electron chi connectivity index (χ0n) is 39.9. The summed E-state index contributed by atoms with van der Waals surface area (Å²) in [6.07, 6.45) is -4.93. The zero-order valence-corrected chi connectivity index (χ0v) is 40.9. The number of aliphatic imine (C=N–C) groups is 1. The molecule has 386 valence electrons. The van der Waals surface area contributed by atoms with Gasteiger partial charge in [-0.1, -0.05) is 27.7 Å². The van der Waals surface area contributed by atoms with Crippen molar-refractivity contribution in [3.8, 4) is 0 Å². The Labute approximate surface area is 415 Å². The number of amides is 3. The summed E-state index contributed by atoms with van der Waals surface area (Å²) >= 11 is 0. The average Bonchev–Trinajstić information content (AvgIpc) is 3.81. The number of esters is 2. The number of guanidine groups is 1. The third-order valence-electron chi connectivity index (χ3n) is 13.6. The molecule has 3 amide bonds. The highest BCUT2D eigenvalue weighted by atomic mass is 28.4. The van der Waals surface area contributed by atoms with Gasteiger partial charge in [0.15, 0.2) is 15.1 Å². The number of ketones is 1. The normalized spacial score (nSPS) is 21.4. The number of hydrogen-bond acceptors (Lipinski definition) is 20. The lowest BCUT2D eigenvalue weighted by molar-refractivity contribution is -0.385. The van der Waals surface area contributed by atoms with Crippen molar-refractivity contribution in [2.24, 2.45) is 16.8 Å². The van der Waals surface area contributed by atoms with Crippen LogP contribution in [0.4, 0.5) is 26.7 Å². The van der Waals surface area contributed by atoms with Crippen LogP contribution in [0.1, 0.15) is 65.7 Å². The van der Waals surface area contributed by atoms with Crippen LogP contribution in [0.25, 0.3) is 0 Å². The van der Waals surface area contributed by atoms with Crippen LogP contribution in [0, 0.1) is 42.2 Å². The molecule has 3 saturated heterocycles. The van der Waals surface area contributed by atoms with E-state index in [1.807, 2.05) is 13.8 Å². The number of Topliss-reactive ketones (excluding diaryl/α,β-unsaturated/α-hetero) is 1. The van der Waals surface area contributed by atoms with Crippen molar-refractivity contribution in [2.75, 3.05) is 26.4 Å². The lowest BCUT2D eigenvalue weighted by Crippen LogP contribution is -2.68. The van der Waals surface area contributed by atoms with Gasteiger partial charge in [0.05, 0.1) is 61.8 Å². The number of β-amino-alcohol motifs (C(OH)–C–C–N with tert-alkyl or cyclic N) is 1. The molecule has 73 heavy (non-hydrogen) atoms. The highest BCUT2D eigenvalue weighted by Crippen LogP contribution is 2.54. The summed E-state index contributed by atoms with van der Waals surface area (Å²) in [4.78, 5) is 120. The van der Waals surface area contributed by atoms with E-state index in [4.69, 9.17) is 23.4 Å². The van der Waals surface area contributed by atoms with Gasteiger partial charge < -0.3 is 33.4 Å². The van der Waals surface area contributed by atoms with E-state index in [9.17, 15) is 64.2 Å². The maximum atomic E-state index is 14.5. The molecule has 4 aliphatic rings. The van der Waals surface area contributed by atoms with Crippen LogP contribution in [-0.2, 0) is 28.2 Å². The van der Waals surface area contributed by atoms with Gasteiger partial charge in [0.2, 0.25) is 17.6 Å². The summed E-state index contributed by atoms with van der Waals surface area (Å²) in [6.45, 7) is 9.33. The minimum atomic E-state index is -2.23. The standard InChI is InChI=1S/C46H50N8O18Si/c1-6-73(7-2,8-3)72-26(5)36-37-25(4)33(38(51(37)40(36)57)46(68-24-69-46)39(56)27-9-15-30(16-10-27)52(62)63)21-50-22-34(35(55)23-50)47-43(48-44(60)70-41(58)28-11-17-31(18-12-28)53(64)65)49-45(61)71-42(59)29-13-19-32(20-14-29)54(66)67/h9-20,25-26,34-37,55H,6-8,21-24H2,1-5H3,(H2,47,48,49,60,61)/t25-,26+,34+,35+,36?,37+/m0/s1. The van der Waals surface area contributed by atoms with Gasteiger partial charge in [-0.15, -0.1) is 0 Å². The van der Waals surface area contributed by atoms with Crippen molar-refractivity contribution in [3.63, 3.8) is 0 Å². The third kappa shape index (κ3) is 10.8. The van der Waals surface area contributed by atoms with Gasteiger partial charge in [0.25, 0.3) is 22.8 Å². The lowest BCUT2D eigenvalue weighted by atomic mass is 9.77. The van der Waals surface area contributed by atoms with Crippen LogP contribution in [0.5, 0.6) is 0 Å². The predicted octanol–water partition coefficient (Wildman–Crippen LogP) is 4.97. The van der Waals surface area contributed by atoms with E-state index >= 15 is 0 Å². The molecule has 0 bridgehead atoms. The number of benzene rings is 3. The Bertz CT molecular complexity index is 2690. The molecule has 3 aromatic rings. The second-order valence-corrected chi connectivity index (χ2v) is 22.4. The lowest BCUT2D eigenvalue weighted by Gasteiger charge is -2.53. The van der Waals surface area contributed by atoms with Gasteiger partial charge in [-0.2, -0.15) is 0 Å². The Morgan fingerprint density at radius 1 is 0.781 bits per heavy atom. The maximum Gasteiger partial charge on any atom is 0.421 e. The number of fused-ring (bicyclic) bond motifs is 1. The molecule has 27 heteroatoms. The van der Waals surface area contributed by atoms with Crippen molar-refractivity contribution in [3.05, 3.63) is 131 Å². The van der Waals surface area contributed by atoms with Crippen molar-refractivity contribution < 1.29 is 72.0 Å². The first-order valence-corrected chi connectivity index (χ1v) is 25.5. The SMILES string of the molecule is CC[Si](CC)(CC)O[C@H](C)C1C(=O)N2C(C3(C(=O)c4ccc([N+](=O)[O-])cc4)OCO3)=C(CN3C[C@@H](O)[C@H](N=C(NC(=O)OC(=O)c4ccc([N+](=O)[O-])cc4)NC(=O)OC(=O)c4ccc([N+](=O)[O-])cc4)C3)[C@H](C)[C@H]12. The first kappa shape index (κ1) is 53.1. The van der Waals surface area contributed by atoms with Gasteiger partial charge in [0.1, 0.15) is 0 Å². The van der Waals surface area contributed by atoms with Crippen LogP contribution >= 0.6 is 0 Å². The number of aliphatic hydroxyl groups excluding tert-OH is 1. The number of rotatable bonds is 17. The van der Waals surface area contributed by atoms with E-state index in [1.165, 1.54) is 17.0 Å². The number of β-lactam (4-membered cyclic amide) rings is 1. The molecule has 0 aromatic heterocycles. The molecule has 0 saturated carbocycles. The molecule has 7 rings (SSSR count). The molecule has 3 N–H and O–H groups in total. The maximum absolute atomic E-state index is 14.5. The summed E-state index contributed by atoms with van der Waals surface area (Å²) in [5.41, 5.74) is -0.899. The summed E-state index contributed by atoms with van der Waals surface area (Å²) in [5.74, 6) is -7.65. The minimum absolute atomic E-state index is 0.00133. The molecule has 3 fully saturated rings. The zero-order chi connectivity index (χ0) is 53.1. The smallest absolute Gasteiger partial charge is 0.413 e. The molecule has 3 aromatic carbocycles. The third-order valence-corrected chi connectivity index (χ3v) is 18.3. The Morgan fingerprint density at radius 2 is 1.23 bits per heavy atom. The largest absolute Gasteiger partial charge is 0.421 e. The van der Waals surface area contributed by atoms with E-state index in [-0.39, 0.29) is 71.8 Å². The number of ether oxygens (including phenoxy) is 4. The molecular weight excluding hydrogens is 981 g/mol. The van der Waals surface area contributed by atoms with Crippen molar-refractivity contribution in [1.82, 2.24) is 20.4 Å². The highest BCUT2D eigenvalue weighted by molar-refractivity contribution is 6.73. The first-order valence-electron chi connectivity index (χ1n) is 23.0. The topological polar surface area (TPSA) is 341 Å². The summed E-state index contributed by atoms with van der Waals surface area (Å²) < 4.78 is 28.4. The van der Waals surface area contributed by atoms with E-state index in [2.05, 4.69) is 36.4 Å². The Kier molecular flexibility index (Phi) is 15.7. The van der Waals surface area contributed by atoms with Gasteiger partial charge >= 0.3 is 24.1 Å². The van der Waals surface area contributed by atoms with Crippen molar-refractivity contribution in [2.45, 2.75) is 82.8 Å². The Balaban J connectivity index is 1.17. The van der Waals surface area contributed by atoms with E-state index in [0.29, 0.717) is 5.57 Å². The molecule has 0 aliphatic carbocycles. The number of nitro benzene ring substituents is 3. The van der Waals surface area contributed by atoms with E-state index in [0.717, 1.165) is 78.8 Å². The molecule has 0 radical (unpaired) electrons. The average molecular weight is 1030 g/mol. The Hall–Kier alpha value is -7.69. The van der Waals surface area contributed by atoms with Gasteiger partial charge in [-0.25, -0.2) is 24.2 Å². The van der Waals surface area contributed by atoms with Gasteiger partial charge in [0, 0.05) is 67.5 Å². The van der Waals surface area contributed by atoms with Crippen molar-refractivity contribution in [1.29, 1.82) is 0 Å². The molecule has 6 atom stereocenters. The quantitative estimate of drug-likeness (QED) is 0.0185. The fraction of sp³-hybridized carbons (Fsp3) is 0.413. The number of nitro groups is 3. The van der Waals surface area contributed by atoms with Crippen molar-refractivity contribution >= 4 is 67.2 Å². The summed E-state index contributed by atoms with van der Waals surface area (Å²) in [7, 11) is -2.23. The molecule has 4 aliphatic heterocycles. The van der Waals surface area contributed by atoms with E-state index < -0.39 is 101 Å². The fourth-order valence-electron chi connectivity index (χ4n) is 9.49. The molecule has 26 nitrogen and oxygen atoms in total. The van der Waals surface area contributed by atoms with E-state index in [1.54, 1.807) is 4.90 Å². The number of nitrogens with one attached hydrogen (secondary N) is 2. The predicted molar refractivity (Wildman–Crippen MR) is 253 cm³/mol. The number of non-ortho nitro benzene ring substituents is 3.